The van der Waals surface area contributed by atoms with Crippen LogP contribution in [0.25, 0.3) is 11.3 Å². The number of hydrogen-bond acceptors (Lipinski definition) is 4. The van der Waals surface area contributed by atoms with Gasteiger partial charge < -0.3 is 5.32 Å². The zero-order valence-corrected chi connectivity index (χ0v) is 14.8. The smallest absolute Gasteiger partial charge is 0.257 e. The molecule has 3 aromatic rings. The van der Waals surface area contributed by atoms with Gasteiger partial charge in [-0.05, 0) is 36.4 Å². The molecule has 25 heavy (non-hydrogen) atoms. The van der Waals surface area contributed by atoms with Crippen LogP contribution in [0.5, 0.6) is 0 Å². The number of carbonyl (C=O) groups is 2. The lowest BCUT2D eigenvalue weighted by molar-refractivity contribution is -0.114. The molecule has 0 aliphatic heterocycles. The molecule has 0 unspecified atom stereocenters. The van der Waals surface area contributed by atoms with Crippen LogP contribution in [-0.2, 0) is 4.79 Å². The van der Waals surface area contributed by atoms with Crippen LogP contribution < -0.4 is 10.6 Å². The Bertz CT molecular complexity index is 905. The molecule has 1 aromatic heterocycles. The van der Waals surface area contributed by atoms with E-state index in [1.165, 1.54) is 18.3 Å². The molecule has 2 N–H and O–H groups in total. The van der Waals surface area contributed by atoms with Crippen LogP contribution in [0.4, 0.5) is 10.8 Å². The number of rotatable bonds is 4. The first kappa shape index (κ1) is 17.1. The minimum Gasteiger partial charge on any atom is -0.326 e. The summed E-state index contributed by atoms with van der Waals surface area (Å²) in [5.41, 5.74) is 2.83. The van der Waals surface area contributed by atoms with E-state index >= 15 is 0 Å². The number of amides is 2. The number of thiazole rings is 1. The van der Waals surface area contributed by atoms with E-state index in [-0.39, 0.29) is 11.8 Å². The normalized spacial score (nSPS) is 10.3. The topological polar surface area (TPSA) is 71.1 Å². The van der Waals surface area contributed by atoms with E-state index in [9.17, 15) is 9.59 Å². The molecule has 0 saturated carbocycles. The zero-order valence-electron chi connectivity index (χ0n) is 13.2. The van der Waals surface area contributed by atoms with Crippen molar-refractivity contribution in [3.63, 3.8) is 0 Å². The molecule has 2 aromatic carbocycles. The second-order valence-electron chi connectivity index (χ2n) is 5.26. The Morgan fingerprint density at radius 1 is 1.00 bits per heavy atom. The van der Waals surface area contributed by atoms with Gasteiger partial charge in [-0.2, -0.15) is 0 Å². The van der Waals surface area contributed by atoms with Crippen molar-refractivity contribution in [2.75, 3.05) is 10.6 Å². The van der Waals surface area contributed by atoms with E-state index in [1.807, 2.05) is 17.5 Å². The average molecular weight is 372 g/mol. The Morgan fingerprint density at radius 3 is 2.32 bits per heavy atom. The predicted molar refractivity (Wildman–Crippen MR) is 101 cm³/mol. The summed E-state index contributed by atoms with van der Waals surface area (Å²) in [6.45, 7) is 1.43. The molecule has 3 rings (SSSR count). The Morgan fingerprint density at radius 2 is 1.68 bits per heavy atom. The summed E-state index contributed by atoms with van der Waals surface area (Å²) in [4.78, 5) is 27.7. The first-order chi connectivity index (χ1) is 12.0. The lowest BCUT2D eigenvalue weighted by Gasteiger charge is -2.04. The maximum Gasteiger partial charge on any atom is 0.257 e. The number of nitrogens with one attached hydrogen (secondary N) is 2. The molecular formula is C18H14ClN3O2S. The maximum atomic E-state index is 12.3. The Hall–Kier alpha value is -2.70. The third-order valence-electron chi connectivity index (χ3n) is 3.33. The highest BCUT2D eigenvalue weighted by atomic mass is 35.5. The lowest BCUT2D eigenvalue weighted by Crippen LogP contribution is -2.12. The number of aromatic nitrogens is 1. The quantitative estimate of drug-likeness (QED) is 0.699. The van der Waals surface area contributed by atoms with Crippen LogP contribution in [0.15, 0.2) is 53.9 Å². The molecule has 126 valence electrons. The van der Waals surface area contributed by atoms with Gasteiger partial charge in [0.05, 0.1) is 5.69 Å². The van der Waals surface area contributed by atoms with Crippen molar-refractivity contribution in [2.24, 2.45) is 0 Å². The van der Waals surface area contributed by atoms with Gasteiger partial charge >= 0.3 is 0 Å². The lowest BCUT2D eigenvalue weighted by atomic mass is 10.2. The van der Waals surface area contributed by atoms with Crippen molar-refractivity contribution in [1.82, 2.24) is 4.98 Å². The van der Waals surface area contributed by atoms with Crippen molar-refractivity contribution in [3.05, 3.63) is 64.5 Å². The molecule has 1 heterocycles. The number of anilines is 2. The van der Waals surface area contributed by atoms with Crippen LogP contribution >= 0.6 is 22.9 Å². The summed E-state index contributed by atoms with van der Waals surface area (Å²) in [7, 11) is 0. The van der Waals surface area contributed by atoms with Gasteiger partial charge in [-0.15, -0.1) is 11.3 Å². The highest BCUT2D eigenvalue weighted by Gasteiger charge is 2.10. The third kappa shape index (κ3) is 4.43. The molecule has 2 amide bonds. The highest BCUT2D eigenvalue weighted by molar-refractivity contribution is 7.14. The van der Waals surface area contributed by atoms with Crippen LogP contribution in [0.2, 0.25) is 5.02 Å². The van der Waals surface area contributed by atoms with Gasteiger partial charge in [0.1, 0.15) is 0 Å². The van der Waals surface area contributed by atoms with Gasteiger partial charge in [0.25, 0.3) is 5.91 Å². The number of nitrogens with zero attached hydrogens (tertiary/aromatic N) is 1. The summed E-state index contributed by atoms with van der Waals surface area (Å²) in [6, 6.07) is 14.0. The molecule has 0 fully saturated rings. The fraction of sp³-hybridized carbons (Fsp3) is 0.0556. The number of benzene rings is 2. The predicted octanol–water partition coefficient (Wildman–Crippen LogP) is 4.67. The van der Waals surface area contributed by atoms with E-state index < -0.39 is 0 Å². The first-order valence-electron chi connectivity index (χ1n) is 7.42. The molecule has 5 nitrogen and oxygen atoms in total. The fourth-order valence-corrected chi connectivity index (χ4v) is 3.00. The molecule has 7 heteroatoms. The van der Waals surface area contributed by atoms with Crippen molar-refractivity contribution >= 4 is 45.6 Å². The van der Waals surface area contributed by atoms with Gasteiger partial charge in [-0.1, -0.05) is 23.7 Å². The van der Waals surface area contributed by atoms with Crippen LogP contribution in [0, 0.1) is 0 Å². The second-order valence-corrected chi connectivity index (χ2v) is 6.55. The SMILES string of the molecule is CC(=O)Nc1ccc(C(=O)Nc2nc(-c3ccc(Cl)cc3)cs2)cc1. The molecule has 0 spiro atoms. The molecule has 0 bridgehead atoms. The molecule has 0 aliphatic carbocycles. The van der Waals surface area contributed by atoms with Crippen molar-refractivity contribution in [2.45, 2.75) is 6.92 Å². The van der Waals surface area contributed by atoms with Gasteiger partial charge in [0.2, 0.25) is 5.91 Å². The van der Waals surface area contributed by atoms with Gasteiger partial charge in [0.15, 0.2) is 5.13 Å². The van der Waals surface area contributed by atoms with Crippen LogP contribution in [0.1, 0.15) is 17.3 Å². The molecule has 0 atom stereocenters. The monoisotopic (exact) mass is 371 g/mol. The highest BCUT2D eigenvalue weighted by Crippen LogP contribution is 2.26. The molecule has 0 saturated heterocycles. The fourth-order valence-electron chi connectivity index (χ4n) is 2.16. The Balaban J connectivity index is 1.69. The largest absolute Gasteiger partial charge is 0.326 e. The average Bonchev–Trinajstić information content (AvgIpc) is 3.04. The van der Waals surface area contributed by atoms with Crippen LogP contribution in [0.3, 0.4) is 0 Å². The Kier molecular flexibility index (Phi) is 5.11. The van der Waals surface area contributed by atoms with E-state index in [4.69, 9.17) is 11.6 Å². The zero-order chi connectivity index (χ0) is 17.8. The molecule has 0 aliphatic rings. The minimum atomic E-state index is -0.258. The molecular weight excluding hydrogens is 358 g/mol. The first-order valence-corrected chi connectivity index (χ1v) is 8.67. The van der Waals surface area contributed by atoms with Crippen molar-refractivity contribution in [1.29, 1.82) is 0 Å². The number of carbonyl (C=O) groups excluding carboxylic acids is 2. The molecule has 0 radical (unpaired) electrons. The van der Waals surface area contributed by atoms with Gasteiger partial charge in [0, 0.05) is 34.1 Å². The second kappa shape index (κ2) is 7.46. The standard InChI is InChI=1S/C18H14ClN3O2S/c1-11(23)20-15-8-4-13(5-9-15)17(24)22-18-21-16(10-25-18)12-2-6-14(19)7-3-12/h2-10H,1H3,(H,20,23)(H,21,22,24). The van der Waals surface area contributed by atoms with E-state index in [0.717, 1.165) is 11.3 Å². The van der Waals surface area contributed by atoms with Crippen molar-refractivity contribution in [3.8, 4) is 11.3 Å². The number of hydrogen-bond donors (Lipinski definition) is 2. The summed E-state index contributed by atoms with van der Waals surface area (Å²) in [6.07, 6.45) is 0. The third-order valence-corrected chi connectivity index (χ3v) is 4.34. The van der Waals surface area contributed by atoms with Gasteiger partial charge in [-0.3, -0.25) is 14.9 Å². The van der Waals surface area contributed by atoms with E-state index in [2.05, 4.69) is 15.6 Å². The van der Waals surface area contributed by atoms with Crippen molar-refractivity contribution < 1.29 is 9.59 Å². The van der Waals surface area contributed by atoms with E-state index in [1.54, 1.807) is 36.4 Å². The number of halogens is 1. The van der Waals surface area contributed by atoms with Crippen LogP contribution in [-0.4, -0.2) is 16.8 Å². The summed E-state index contributed by atoms with van der Waals surface area (Å²) >= 11 is 7.23. The summed E-state index contributed by atoms with van der Waals surface area (Å²) < 4.78 is 0. The minimum absolute atomic E-state index is 0.158. The summed E-state index contributed by atoms with van der Waals surface area (Å²) in [5.74, 6) is -0.416. The van der Waals surface area contributed by atoms with E-state index in [0.29, 0.717) is 21.4 Å². The maximum absolute atomic E-state index is 12.3. The van der Waals surface area contributed by atoms with Gasteiger partial charge in [-0.25, -0.2) is 4.98 Å². The Labute approximate surface area is 153 Å². The summed E-state index contributed by atoms with van der Waals surface area (Å²) in [5, 5.41) is 8.48.